The number of rotatable bonds is 2. The largest absolute Gasteiger partial charge is 0.293 e. The van der Waals surface area contributed by atoms with Crippen LogP contribution in [0.15, 0.2) is 23.2 Å². The molecule has 1 aromatic carbocycles. The van der Waals surface area contributed by atoms with E-state index in [0.29, 0.717) is 5.33 Å². The van der Waals surface area contributed by atoms with Crippen molar-refractivity contribution in [2.24, 2.45) is 4.99 Å². The minimum Gasteiger partial charge on any atom is -0.293 e. The molecule has 0 bridgehead atoms. The van der Waals surface area contributed by atoms with E-state index in [1.807, 2.05) is 24.4 Å². The predicted octanol–water partition coefficient (Wildman–Crippen LogP) is 2.52. The zero-order valence-electron chi connectivity index (χ0n) is 6.96. The number of carbonyl (C=O) groups excluding carboxylic acids is 1. The Morgan fingerprint density at radius 1 is 1.54 bits per heavy atom. The summed E-state index contributed by atoms with van der Waals surface area (Å²) in [4.78, 5) is 15.5. The van der Waals surface area contributed by atoms with E-state index in [2.05, 4.69) is 20.9 Å². The van der Waals surface area contributed by atoms with Crippen molar-refractivity contribution in [2.45, 2.75) is 6.42 Å². The molecule has 1 aliphatic heterocycles. The number of carbonyl (C=O) groups is 1. The number of benzene rings is 1. The molecule has 2 rings (SSSR count). The predicted molar refractivity (Wildman–Crippen MR) is 56.4 cm³/mol. The third-order valence-corrected chi connectivity index (χ3v) is 2.57. The van der Waals surface area contributed by atoms with Crippen LogP contribution in [0, 0.1) is 0 Å². The molecule has 0 radical (unpaired) electrons. The molecule has 0 saturated heterocycles. The normalized spacial score (nSPS) is 13.0. The van der Waals surface area contributed by atoms with Gasteiger partial charge in [0.2, 0.25) is 0 Å². The molecule has 0 fully saturated rings. The Morgan fingerprint density at radius 2 is 2.38 bits per heavy atom. The van der Waals surface area contributed by atoms with Gasteiger partial charge in [-0.25, -0.2) is 0 Å². The van der Waals surface area contributed by atoms with Gasteiger partial charge in [-0.3, -0.25) is 9.79 Å². The Kier molecular flexibility index (Phi) is 2.27. The molecule has 0 N–H and O–H groups in total. The van der Waals surface area contributed by atoms with Gasteiger partial charge in [-0.2, -0.15) is 0 Å². The van der Waals surface area contributed by atoms with Crippen LogP contribution in [-0.2, 0) is 6.42 Å². The fourth-order valence-corrected chi connectivity index (χ4v) is 1.69. The first-order valence-electron chi connectivity index (χ1n) is 4.06. The summed E-state index contributed by atoms with van der Waals surface area (Å²) in [7, 11) is 0. The van der Waals surface area contributed by atoms with Gasteiger partial charge in [0.15, 0.2) is 5.78 Å². The molecule has 0 atom stereocenters. The molecule has 0 unspecified atom stereocenters. The van der Waals surface area contributed by atoms with Gasteiger partial charge in [0.05, 0.1) is 11.0 Å². The number of hydrogen-bond donors (Lipinski definition) is 0. The van der Waals surface area contributed by atoms with Crippen molar-refractivity contribution in [1.29, 1.82) is 0 Å². The van der Waals surface area contributed by atoms with E-state index in [0.717, 1.165) is 23.2 Å². The monoisotopic (exact) mass is 237 g/mol. The number of halogens is 1. The molecule has 66 valence electrons. The highest BCUT2D eigenvalue weighted by Crippen LogP contribution is 2.25. The molecule has 1 aliphatic rings. The van der Waals surface area contributed by atoms with Gasteiger partial charge in [-0.15, -0.1) is 0 Å². The third kappa shape index (κ3) is 1.56. The van der Waals surface area contributed by atoms with Crippen LogP contribution in [0.3, 0.4) is 0 Å². The fourth-order valence-electron chi connectivity index (χ4n) is 1.37. The van der Waals surface area contributed by atoms with E-state index >= 15 is 0 Å². The quantitative estimate of drug-likeness (QED) is 0.575. The van der Waals surface area contributed by atoms with E-state index < -0.39 is 0 Å². The van der Waals surface area contributed by atoms with E-state index in [9.17, 15) is 4.79 Å². The van der Waals surface area contributed by atoms with Crippen molar-refractivity contribution in [2.75, 3.05) is 5.33 Å². The molecule has 1 aromatic rings. The third-order valence-electron chi connectivity index (χ3n) is 2.06. The summed E-state index contributed by atoms with van der Waals surface area (Å²) in [5.74, 6) is 0.120. The zero-order valence-corrected chi connectivity index (χ0v) is 8.54. The topological polar surface area (TPSA) is 29.4 Å². The number of fused-ring (bicyclic) bond motifs is 1. The van der Waals surface area contributed by atoms with Gasteiger partial charge < -0.3 is 0 Å². The Bertz CT molecular complexity index is 385. The lowest BCUT2D eigenvalue weighted by Gasteiger charge is -2.00. The van der Waals surface area contributed by atoms with Crippen LogP contribution in [0.25, 0.3) is 0 Å². The second kappa shape index (κ2) is 3.42. The number of aliphatic imine (C=N–C) groups is 1. The average Bonchev–Trinajstić information content (AvgIpc) is 2.63. The first kappa shape index (κ1) is 8.63. The average molecular weight is 238 g/mol. The number of alkyl halides is 1. The maximum atomic E-state index is 11.3. The standard InChI is InChI=1S/C10H8BrNO/c11-6-10(13)8-1-2-9-7(5-8)3-4-12-9/h1-2,4-5H,3,6H2. The maximum absolute atomic E-state index is 11.3. The Balaban J connectivity index is 2.38. The summed E-state index contributed by atoms with van der Waals surface area (Å²) in [5.41, 5.74) is 2.90. The molecular formula is C10H8BrNO. The number of ketones is 1. The molecular weight excluding hydrogens is 230 g/mol. The molecule has 0 saturated carbocycles. The van der Waals surface area contributed by atoms with Gasteiger partial charge in [0, 0.05) is 18.2 Å². The van der Waals surface area contributed by atoms with Gasteiger partial charge in [0.25, 0.3) is 0 Å². The minimum atomic E-state index is 0.120. The summed E-state index contributed by atoms with van der Waals surface area (Å²) in [6.45, 7) is 0. The molecule has 0 aliphatic carbocycles. The minimum absolute atomic E-state index is 0.120. The first-order valence-corrected chi connectivity index (χ1v) is 5.18. The lowest BCUT2D eigenvalue weighted by Crippen LogP contribution is -1.99. The van der Waals surface area contributed by atoms with Crippen LogP contribution in [0.5, 0.6) is 0 Å². The van der Waals surface area contributed by atoms with Crippen LogP contribution in [-0.4, -0.2) is 17.3 Å². The van der Waals surface area contributed by atoms with Crippen molar-refractivity contribution in [3.05, 3.63) is 29.3 Å². The highest BCUT2D eigenvalue weighted by molar-refractivity contribution is 9.09. The van der Waals surface area contributed by atoms with Crippen LogP contribution in [0.1, 0.15) is 15.9 Å². The van der Waals surface area contributed by atoms with Gasteiger partial charge in [0.1, 0.15) is 0 Å². The summed E-state index contributed by atoms with van der Waals surface area (Å²) in [6, 6.07) is 5.64. The van der Waals surface area contributed by atoms with E-state index in [-0.39, 0.29) is 5.78 Å². The van der Waals surface area contributed by atoms with Crippen molar-refractivity contribution in [1.82, 2.24) is 0 Å². The van der Waals surface area contributed by atoms with Crippen molar-refractivity contribution >= 4 is 33.6 Å². The van der Waals surface area contributed by atoms with Crippen LogP contribution in [0.2, 0.25) is 0 Å². The summed E-state index contributed by atoms with van der Waals surface area (Å²) in [5, 5.41) is 0.382. The van der Waals surface area contributed by atoms with Crippen molar-refractivity contribution < 1.29 is 4.79 Å². The molecule has 3 heteroatoms. The Hall–Kier alpha value is -0.960. The van der Waals surface area contributed by atoms with Crippen LogP contribution in [0.4, 0.5) is 5.69 Å². The molecule has 1 heterocycles. The lowest BCUT2D eigenvalue weighted by atomic mass is 10.1. The SMILES string of the molecule is O=C(CBr)c1ccc2c(c1)CC=N2. The second-order valence-corrected chi connectivity index (χ2v) is 3.48. The highest BCUT2D eigenvalue weighted by Gasteiger charge is 2.10. The van der Waals surface area contributed by atoms with E-state index in [1.165, 1.54) is 0 Å². The molecule has 0 spiro atoms. The van der Waals surface area contributed by atoms with Crippen LogP contribution >= 0.6 is 15.9 Å². The summed E-state index contributed by atoms with van der Waals surface area (Å²) in [6.07, 6.45) is 2.71. The van der Waals surface area contributed by atoms with Crippen LogP contribution < -0.4 is 0 Å². The van der Waals surface area contributed by atoms with E-state index in [1.54, 1.807) is 0 Å². The maximum Gasteiger partial charge on any atom is 0.173 e. The van der Waals surface area contributed by atoms with Gasteiger partial charge >= 0.3 is 0 Å². The highest BCUT2D eigenvalue weighted by atomic mass is 79.9. The summed E-state index contributed by atoms with van der Waals surface area (Å²) < 4.78 is 0. The molecule has 13 heavy (non-hydrogen) atoms. The number of Topliss-reactive ketones (excluding diaryl/α,β-unsaturated/α-hetero) is 1. The number of nitrogens with zero attached hydrogens (tertiary/aromatic N) is 1. The zero-order chi connectivity index (χ0) is 9.26. The summed E-state index contributed by atoms with van der Waals surface area (Å²) >= 11 is 3.15. The lowest BCUT2D eigenvalue weighted by molar-refractivity contribution is 0.102. The van der Waals surface area contributed by atoms with Gasteiger partial charge in [-0.1, -0.05) is 15.9 Å². The number of hydrogen-bond acceptors (Lipinski definition) is 2. The van der Waals surface area contributed by atoms with Crippen molar-refractivity contribution in [3.63, 3.8) is 0 Å². The molecule has 2 nitrogen and oxygen atoms in total. The van der Waals surface area contributed by atoms with Gasteiger partial charge in [-0.05, 0) is 23.8 Å². The smallest absolute Gasteiger partial charge is 0.173 e. The molecule has 0 amide bonds. The molecule has 0 aromatic heterocycles. The first-order chi connectivity index (χ1) is 6.31. The van der Waals surface area contributed by atoms with E-state index in [4.69, 9.17) is 0 Å². The Labute approximate surface area is 84.8 Å². The Morgan fingerprint density at radius 3 is 3.15 bits per heavy atom. The van der Waals surface area contributed by atoms with Crippen molar-refractivity contribution in [3.8, 4) is 0 Å². The second-order valence-electron chi connectivity index (χ2n) is 2.92. The fraction of sp³-hybridized carbons (Fsp3) is 0.200.